The van der Waals surface area contributed by atoms with Crippen LogP contribution in [0.3, 0.4) is 0 Å². The Kier molecular flexibility index (Phi) is 6.67. The van der Waals surface area contributed by atoms with E-state index in [1.165, 1.54) is 0 Å². The van der Waals surface area contributed by atoms with E-state index >= 15 is 0 Å². The van der Waals surface area contributed by atoms with Gasteiger partial charge in [0, 0.05) is 16.7 Å². The molecule has 0 spiro atoms. The highest BCUT2D eigenvalue weighted by Crippen LogP contribution is 2.20. The van der Waals surface area contributed by atoms with Crippen LogP contribution in [0.4, 0.5) is 5.69 Å². The molecule has 1 unspecified atom stereocenters. The van der Waals surface area contributed by atoms with E-state index in [0.29, 0.717) is 18.5 Å². The molecule has 1 aromatic carbocycles. The summed E-state index contributed by atoms with van der Waals surface area (Å²) in [5.74, 6) is -1.41. The zero-order valence-corrected chi connectivity index (χ0v) is 13.2. The Bertz CT molecular complexity index is 491. The van der Waals surface area contributed by atoms with Crippen LogP contribution in [0, 0.1) is 6.92 Å². The van der Waals surface area contributed by atoms with Gasteiger partial charge < -0.3 is 15.7 Å². The van der Waals surface area contributed by atoms with Crippen molar-refractivity contribution in [3.05, 3.63) is 28.2 Å². The van der Waals surface area contributed by atoms with Crippen molar-refractivity contribution in [2.24, 2.45) is 0 Å². The number of benzene rings is 1. The van der Waals surface area contributed by atoms with Crippen LogP contribution in [0.25, 0.3) is 0 Å². The van der Waals surface area contributed by atoms with Crippen LogP contribution in [0.1, 0.15) is 25.3 Å². The highest BCUT2D eigenvalue weighted by molar-refractivity contribution is 9.10. The molecule has 0 heterocycles. The van der Waals surface area contributed by atoms with E-state index in [-0.39, 0.29) is 6.54 Å². The summed E-state index contributed by atoms with van der Waals surface area (Å²) in [6, 6.07) is 5.44. The Labute approximate surface area is 126 Å². The molecule has 110 valence electrons. The first-order chi connectivity index (χ1) is 9.43. The van der Waals surface area contributed by atoms with E-state index in [0.717, 1.165) is 10.0 Å². The predicted octanol–water partition coefficient (Wildman–Crippen LogP) is 1.97. The summed E-state index contributed by atoms with van der Waals surface area (Å²) < 4.78 is 0.824. The molecule has 1 atom stereocenters. The maximum atomic E-state index is 11.7. The van der Waals surface area contributed by atoms with Gasteiger partial charge in [-0.3, -0.25) is 9.59 Å². The van der Waals surface area contributed by atoms with Gasteiger partial charge in [0.2, 0.25) is 0 Å². The summed E-state index contributed by atoms with van der Waals surface area (Å²) >= 11 is 3.31. The lowest BCUT2D eigenvalue weighted by molar-refractivity contribution is -0.136. The van der Waals surface area contributed by atoms with Gasteiger partial charge in [0.25, 0.3) is 0 Å². The Hall–Kier alpha value is -1.40. The van der Waals surface area contributed by atoms with Crippen LogP contribution in [0.2, 0.25) is 0 Å². The third-order valence-corrected chi connectivity index (χ3v) is 3.38. The number of anilines is 1. The maximum absolute atomic E-state index is 11.7. The van der Waals surface area contributed by atoms with Gasteiger partial charge in [-0.05, 0) is 37.5 Å². The Morgan fingerprint density at radius 1 is 1.35 bits per heavy atom. The molecule has 6 heteroatoms. The Balaban J connectivity index is 2.49. The van der Waals surface area contributed by atoms with Crippen molar-refractivity contribution in [2.45, 2.75) is 32.8 Å². The first-order valence-electron chi connectivity index (χ1n) is 6.47. The molecule has 0 fully saturated rings. The number of nitrogens with one attached hydrogen (secondary N) is 2. The van der Waals surface area contributed by atoms with Gasteiger partial charge >= 0.3 is 11.8 Å². The second-order valence-corrected chi connectivity index (χ2v) is 5.44. The monoisotopic (exact) mass is 342 g/mol. The first kappa shape index (κ1) is 16.7. The molecule has 5 nitrogen and oxygen atoms in total. The van der Waals surface area contributed by atoms with E-state index < -0.39 is 17.9 Å². The quantitative estimate of drug-likeness (QED) is 0.716. The maximum Gasteiger partial charge on any atom is 0.313 e. The molecule has 0 bridgehead atoms. The molecule has 3 N–H and O–H groups in total. The number of hydrogen-bond acceptors (Lipinski definition) is 3. The number of carbonyl (C=O) groups excluding carboxylic acids is 2. The van der Waals surface area contributed by atoms with Crippen LogP contribution in [-0.4, -0.2) is 29.6 Å². The molecular weight excluding hydrogens is 324 g/mol. The van der Waals surface area contributed by atoms with Crippen molar-refractivity contribution in [2.75, 3.05) is 11.9 Å². The van der Waals surface area contributed by atoms with Crippen LogP contribution in [0.5, 0.6) is 0 Å². The Morgan fingerprint density at radius 3 is 2.70 bits per heavy atom. The molecule has 1 aromatic rings. The number of carbonyl (C=O) groups is 2. The zero-order valence-electron chi connectivity index (χ0n) is 11.6. The van der Waals surface area contributed by atoms with E-state index in [1.807, 2.05) is 26.0 Å². The smallest absolute Gasteiger partial charge is 0.313 e. The molecule has 0 aliphatic heterocycles. The SMILES string of the molecule is CCC(O)CCNC(=O)C(=O)Nc1cc(Br)ccc1C. The van der Waals surface area contributed by atoms with Crippen LogP contribution in [-0.2, 0) is 9.59 Å². The molecule has 1 rings (SSSR count). The van der Waals surface area contributed by atoms with Crippen molar-refractivity contribution >= 4 is 33.4 Å². The lowest BCUT2D eigenvalue weighted by Gasteiger charge is -2.10. The molecule has 2 amide bonds. The summed E-state index contributed by atoms with van der Waals surface area (Å²) in [7, 11) is 0. The van der Waals surface area contributed by atoms with Gasteiger partial charge in [0.15, 0.2) is 0 Å². The van der Waals surface area contributed by atoms with Gasteiger partial charge in [-0.15, -0.1) is 0 Å². The van der Waals surface area contributed by atoms with Gasteiger partial charge in [-0.1, -0.05) is 28.9 Å². The minimum atomic E-state index is -0.711. The normalized spacial score (nSPS) is 11.8. The molecule has 0 aliphatic carbocycles. The molecule has 0 aliphatic rings. The summed E-state index contributed by atoms with van der Waals surface area (Å²) in [5, 5.41) is 14.4. The predicted molar refractivity (Wildman–Crippen MR) is 81.4 cm³/mol. The number of hydrogen-bond donors (Lipinski definition) is 3. The summed E-state index contributed by atoms with van der Waals surface area (Å²) in [6.07, 6.45) is 0.607. The fourth-order valence-corrected chi connectivity index (χ4v) is 1.91. The number of amides is 2. The molecule has 0 saturated heterocycles. The third kappa shape index (κ3) is 5.30. The second kappa shape index (κ2) is 8.01. The molecule has 0 radical (unpaired) electrons. The Morgan fingerprint density at radius 2 is 2.05 bits per heavy atom. The molecule has 20 heavy (non-hydrogen) atoms. The summed E-state index contributed by atoms with van der Waals surface area (Å²) in [6.45, 7) is 3.98. The lowest BCUT2D eigenvalue weighted by atomic mass is 10.2. The van der Waals surface area contributed by atoms with Crippen molar-refractivity contribution in [1.29, 1.82) is 0 Å². The van der Waals surface area contributed by atoms with E-state index in [1.54, 1.807) is 6.07 Å². The number of rotatable bonds is 5. The standard InChI is InChI=1S/C14H19BrN2O3/c1-3-11(18)6-7-16-13(19)14(20)17-12-8-10(15)5-4-9(12)2/h4-5,8,11,18H,3,6-7H2,1-2H3,(H,16,19)(H,17,20). The minimum Gasteiger partial charge on any atom is -0.393 e. The largest absolute Gasteiger partial charge is 0.393 e. The van der Waals surface area contributed by atoms with Crippen molar-refractivity contribution in [3.63, 3.8) is 0 Å². The van der Waals surface area contributed by atoms with Crippen LogP contribution < -0.4 is 10.6 Å². The van der Waals surface area contributed by atoms with Crippen molar-refractivity contribution in [3.8, 4) is 0 Å². The second-order valence-electron chi connectivity index (χ2n) is 4.52. The average Bonchev–Trinajstić information content (AvgIpc) is 2.42. The minimum absolute atomic E-state index is 0.277. The number of halogens is 1. The topological polar surface area (TPSA) is 78.4 Å². The highest BCUT2D eigenvalue weighted by Gasteiger charge is 2.14. The highest BCUT2D eigenvalue weighted by atomic mass is 79.9. The van der Waals surface area contributed by atoms with Crippen LogP contribution >= 0.6 is 15.9 Å². The third-order valence-electron chi connectivity index (χ3n) is 2.89. The van der Waals surface area contributed by atoms with E-state index in [2.05, 4.69) is 26.6 Å². The average molecular weight is 343 g/mol. The first-order valence-corrected chi connectivity index (χ1v) is 7.26. The summed E-state index contributed by atoms with van der Waals surface area (Å²) in [4.78, 5) is 23.3. The van der Waals surface area contributed by atoms with Gasteiger partial charge in [-0.25, -0.2) is 0 Å². The molecule has 0 saturated carbocycles. The van der Waals surface area contributed by atoms with E-state index in [9.17, 15) is 14.7 Å². The van der Waals surface area contributed by atoms with Crippen LogP contribution in [0.15, 0.2) is 22.7 Å². The van der Waals surface area contributed by atoms with Gasteiger partial charge in [0.1, 0.15) is 0 Å². The number of aliphatic hydroxyl groups is 1. The summed E-state index contributed by atoms with van der Waals surface area (Å²) in [5.41, 5.74) is 1.46. The molecular formula is C14H19BrN2O3. The number of aryl methyl sites for hydroxylation is 1. The fraction of sp³-hybridized carbons (Fsp3) is 0.429. The van der Waals surface area contributed by atoms with Gasteiger partial charge in [-0.2, -0.15) is 0 Å². The van der Waals surface area contributed by atoms with Crippen molar-refractivity contribution in [1.82, 2.24) is 5.32 Å². The van der Waals surface area contributed by atoms with Gasteiger partial charge in [0.05, 0.1) is 6.10 Å². The lowest BCUT2D eigenvalue weighted by Crippen LogP contribution is -2.36. The zero-order chi connectivity index (χ0) is 15.1. The fourth-order valence-electron chi connectivity index (χ4n) is 1.54. The number of aliphatic hydroxyl groups excluding tert-OH is 1. The van der Waals surface area contributed by atoms with Crippen molar-refractivity contribution < 1.29 is 14.7 Å². The molecule has 0 aromatic heterocycles. The van der Waals surface area contributed by atoms with E-state index in [4.69, 9.17) is 0 Å².